The van der Waals surface area contributed by atoms with E-state index in [1.807, 2.05) is 0 Å². The Morgan fingerprint density at radius 2 is 2.10 bits per heavy atom. The Hall–Kier alpha value is -1.25. The summed E-state index contributed by atoms with van der Waals surface area (Å²) in [5.74, 6) is -0.133. The Labute approximate surface area is 60.6 Å². The second kappa shape index (κ2) is 3.71. The van der Waals surface area contributed by atoms with Gasteiger partial charge in [0.05, 0.1) is 0 Å². The van der Waals surface area contributed by atoms with Crippen molar-refractivity contribution in [2.45, 2.75) is 13.8 Å². The molecular weight excluding hydrogens is 128 g/mol. The van der Waals surface area contributed by atoms with Crippen LogP contribution in [0.25, 0.3) is 0 Å². The van der Waals surface area contributed by atoms with Gasteiger partial charge in [-0.2, -0.15) is 0 Å². The van der Waals surface area contributed by atoms with Crippen molar-refractivity contribution in [3.8, 4) is 0 Å². The van der Waals surface area contributed by atoms with Crippen LogP contribution in [0.15, 0.2) is 24.0 Å². The summed E-state index contributed by atoms with van der Waals surface area (Å²) in [7, 11) is 0. The van der Waals surface area contributed by atoms with Crippen LogP contribution in [-0.4, -0.2) is 5.91 Å². The smallest absolute Gasteiger partial charge is 0.221 e. The molecule has 3 heteroatoms. The SMILES string of the molecule is C=C(NC(C)=O)/C(C)=C\N. The van der Waals surface area contributed by atoms with E-state index in [-0.39, 0.29) is 5.91 Å². The first-order valence-electron chi connectivity index (χ1n) is 2.93. The molecule has 0 atom stereocenters. The molecule has 0 aliphatic carbocycles. The summed E-state index contributed by atoms with van der Waals surface area (Å²) in [5.41, 5.74) is 6.50. The van der Waals surface area contributed by atoms with Gasteiger partial charge in [0, 0.05) is 12.6 Å². The van der Waals surface area contributed by atoms with E-state index in [2.05, 4.69) is 11.9 Å². The molecule has 0 aromatic rings. The van der Waals surface area contributed by atoms with E-state index in [0.29, 0.717) is 5.70 Å². The van der Waals surface area contributed by atoms with Crippen molar-refractivity contribution < 1.29 is 4.79 Å². The van der Waals surface area contributed by atoms with E-state index in [1.165, 1.54) is 13.1 Å². The molecule has 0 bridgehead atoms. The first-order valence-corrected chi connectivity index (χ1v) is 2.93. The zero-order valence-electron chi connectivity index (χ0n) is 6.27. The summed E-state index contributed by atoms with van der Waals surface area (Å²) >= 11 is 0. The van der Waals surface area contributed by atoms with Gasteiger partial charge in [-0.15, -0.1) is 0 Å². The van der Waals surface area contributed by atoms with Crippen molar-refractivity contribution in [2.24, 2.45) is 5.73 Å². The van der Waals surface area contributed by atoms with Crippen molar-refractivity contribution in [3.05, 3.63) is 24.0 Å². The summed E-state index contributed by atoms with van der Waals surface area (Å²) in [6.45, 7) is 6.79. The maximum Gasteiger partial charge on any atom is 0.221 e. The Morgan fingerprint density at radius 1 is 1.60 bits per heavy atom. The summed E-state index contributed by atoms with van der Waals surface area (Å²) in [5, 5.41) is 2.51. The average Bonchev–Trinajstić information content (AvgIpc) is 1.85. The number of hydrogen-bond donors (Lipinski definition) is 2. The molecule has 0 saturated carbocycles. The van der Waals surface area contributed by atoms with Gasteiger partial charge in [-0.1, -0.05) is 6.58 Å². The number of amides is 1. The third kappa shape index (κ3) is 2.91. The molecule has 0 radical (unpaired) electrons. The van der Waals surface area contributed by atoms with E-state index in [9.17, 15) is 4.79 Å². The van der Waals surface area contributed by atoms with Crippen molar-refractivity contribution in [1.29, 1.82) is 0 Å². The van der Waals surface area contributed by atoms with E-state index >= 15 is 0 Å². The van der Waals surface area contributed by atoms with Gasteiger partial charge in [0.1, 0.15) is 0 Å². The minimum absolute atomic E-state index is 0.133. The van der Waals surface area contributed by atoms with Crippen LogP contribution >= 0.6 is 0 Å². The van der Waals surface area contributed by atoms with Crippen LogP contribution in [0.4, 0.5) is 0 Å². The highest BCUT2D eigenvalue weighted by Gasteiger charge is 1.96. The van der Waals surface area contributed by atoms with Gasteiger partial charge in [0.25, 0.3) is 0 Å². The largest absolute Gasteiger partial charge is 0.404 e. The Bertz CT molecular complexity index is 182. The number of carbonyl (C=O) groups excluding carboxylic acids is 1. The molecule has 0 aliphatic rings. The molecular formula is C7H12N2O. The lowest BCUT2D eigenvalue weighted by atomic mass is 10.2. The molecule has 56 valence electrons. The Kier molecular flexibility index (Phi) is 3.25. The van der Waals surface area contributed by atoms with Gasteiger partial charge in [0.2, 0.25) is 5.91 Å². The Balaban J connectivity index is 3.99. The summed E-state index contributed by atoms with van der Waals surface area (Å²) in [6, 6.07) is 0. The molecule has 10 heavy (non-hydrogen) atoms. The molecule has 0 unspecified atom stereocenters. The maximum absolute atomic E-state index is 10.4. The third-order valence-electron chi connectivity index (χ3n) is 1.05. The number of allylic oxidation sites excluding steroid dienone is 1. The summed E-state index contributed by atoms with van der Waals surface area (Å²) in [4.78, 5) is 10.4. The number of hydrogen-bond acceptors (Lipinski definition) is 2. The van der Waals surface area contributed by atoms with Crippen LogP contribution in [0.3, 0.4) is 0 Å². The van der Waals surface area contributed by atoms with Crippen molar-refractivity contribution in [3.63, 3.8) is 0 Å². The van der Waals surface area contributed by atoms with E-state index in [1.54, 1.807) is 6.92 Å². The second-order valence-electron chi connectivity index (χ2n) is 2.01. The van der Waals surface area contributed by atoms with Gasteiger partial charge in [-0.05, 0) is 18.7 Å². The zero-order chi connectivity index (χ0) is 8.15. The number of rotatable bonds is 2. The summed E-state index contributed by atoms with van der Waals surface area (Å²) < 4.78 is 0. The highest BCUT2D eigenvalue weighted by molar-refractivity contribution is 5.75. The number of nitrogens with two attached hydrogens (primary N) is 1. The fraction of sp³-hybridized carbons (Fsp3) is 0.286. The van der Waals surface area contributed by atoms with Gasteiger partial charge >= 0.3 is 0 Å². The highest BCUT2D eigenvalue weighted by Crippen LogP contribution is 1.99. The minimum atomic E-state index is -0.133. The minimum Gasteiger partial charge on any atom is -0.404 e. The van der Waals surface area contributed by atoms with Crippen LogP contribution in [0, 0.1) is 0 Å². The lowest BCUT2D eigenvalue weighted by molar-refractivity contribution is -0.118. The van der Waals surface area contributed by atoms with Crippen LogP contribution in [0.5, 0.6) is 0 Å². The van der Waals surface area contributed by atoms with Crippen LogP contribution in [-0.2, 0) is 4.79 Å². The predicted octanol–water partition coefficient (Wildman–Crippen LogP) is 0.499. The zero-order valence-corrected chi connectivity index (χ0v) is 6.27. The topological polar surface area (TPSA) is 55.1 Å². The van der Waals surface area contributed by atoms with Gasteiger partial charge in [-0.3, -0.25) is 4.79 Å². The van der Waals surface area contributed by atoms with Crippen LogP contribution in [0.2, 0.25) is 0 Å². The molecule has 0 aliphatic heterocycles. The fourth-order valence-corrected chi connectivity index (χ4v) is 0.412. The van der Waals surface area contributed by atoms with E-state index in [4.69, 9.17) is 5.73 Å². The van der Waals surface area contributed by atoms with Crippen molar-refractivity contribution >= 4 is 5.91 Å². The van der Waals surface area contributed by atoms with Crippen molar-refractivity contribution in [1.82, 2.24) is 5.32 Å². The third-order valence-corrected chi connectivity index (χ3v) is 1.05. The Morgan fingerprint density at radius 3 is 2.40 bits per heavy atom. The van der Waals surface area contributed by atoms with Crippen LogP contribution in [0.1, 0.15) is 13.8 Å². The second-order valence-corrected chi connectivity index (χ2v) is 2.01. The first kappa shape index (κ1) is 8.75. The quantitative estimate of drug-likeness (QED) is 0.549. The predicted molar refractivity (Wildman–Crippen MR) is 40.9 cm³/mol. The molecule has 0 aromatic heterocycles. The van der Waals surface area contributed by atoms with Crippen molar-refractivity contribution in [2.75, 3.05) is 0 Å². The normalized spacial score (nSPS) is 10.8. The molecule has 0 aromatic carbocycles. The van der Waals surface area contributed by atoms with Gasteiger partial charge in [0.15, 0.2) is 0 Å². The molecule has 3 nitrogen and oxygen atoms in total. The van der Waals surface area contributed by atoms with Crippen LogP contribution < -0.4 is 11.1 Å². The average molecular weight is 140 g/mol. The standard InChI is InChI=1S/C7H12N2O/c1-5(4-8)6(2)9-7(3)10/h4H,2,8H2,1,3H3,(H,9,10)/b5-4-. The number of nitrogens with one attached hydrogen (secondary N) is 1. The number of carbonyl (C=O) groups is 1. The van der Waals surface area contributed by atoms with E-state index in [0.717, 1.165) is 5.57 Å². The monoisotopic (exact) mass is 140 g/mol. The molecule has 0 rings (SSSR count). The highest BCUT2D eigenvalue weighted by atomic mass is 16.1. The fourth-order valence-electron chi connectivity index (χ4n) is 0.412. The molecule has 0 saturated heterocycles. The maximum atomic E-state index is 10.4. The van der Waals surface area contributed by atoms with Gasteiger partial charge < -0.3 is 11.1 Å². The lowest BCUT2D eigenvalue weighted by Crippen LogP contribution is -2.19. The molecule has 3 N–H and O–H groups in total. The lowest BCUT2D eigenvalue weighted by Gasteiger charge is -2.03. The molecule has 0 heterocycles. The molecule has 0 fully saturated rings. The van der Waals surface area contributed by atoms with Gasteiger partial charge in [-0.25, -0.2) is 0 Å². The van der Waals surface area contributed by atoms with E-state index < -0.39 is 0 Å². The molecule has 1 amide bonds. The first-order chi connectivity index (χ1) is 4.57. The summed E-state index contributed by atoms with van der Waals surface area (Å²) in [6.07, 6.45) is 1.40. The molecule has 0 spiro atoms.